The molecule has 0 saturated carbocycles. The number of aliphatic hydroxyl groups excluding tert-OH is 2. The predicted octanol–water partition coefficient (Wildman–Crippen LogP) is 5.63. The van der Waals surface area contributed by atoms with Crippen LogP contribution in [-0.2, 0) is 23.9 Å². The molecule has 2 aliphatic rings. The topological polar surface area (TPSA) is 110 Å². The maximum atomic E-state index is 13.0. The third-order valence-electron chi connectivity index (χ3n) is 8.50. The Balaban J connectivity index is 2.14. The van der Waals surface area contributed by atoms with Gasteiger partial charge in [0.05, 0.1) is 12.2 Å². The van der Waals surface area contributed by atoms with Gasteiger partial charge in [-0.3, -0.25) is 14.4 Å². The lowest BCUT2D eigenvalue weighted by Crippen LogP contribution is -2.37. The molecule has 0 aromatic carbocycles. The summed E-state index contributed by atoms with van der Waals surface area (Å²) in [5.41, 5.74) is 1.55. The fourth-order valence-corrected chi connectivity index (χ4v) is 6.03. The molecule has 2 aliphatic heterocycles. The predicted molar refractivity (Wildman–Crippen MR) is 152 cm³/mol. The first kappa shape index (κ1) is 33.0. The van der Waals surface area contributed by atoms with Crippen molar-refractivity contribution in [1.29, 1.82) is 0 Å². The number of fused-ring (bicyclic) bond motifs is 2. The normalized spacial score (nSPS) is 27.4. The Labute approximate surface area is 234 Å². The van der Waals surface area contributed by atoms with E-state index >= 15 is 0 Å². The molecular weight excluding hydrogens is 496 g/mol. The van der Waals surface area contributed by atoms with E-state index in [9.17, 15) is 24.6 Å². The maximum absolute atomic E-state index is 13.0. The van der Waals surface area contributed by atoms with Gasteiger partial charge < -0.3 is 19.7 Å². The van der Waals surface area contributed by atoms with Crippen LogP contribution in [0.5, 0.6) is 0 Å². The number of cyclic esters (lactones) is 1. The van der Waals surface area contributed by atoms with Crippen LogP contribution in [0.2, 0.25) is 0 Å². The molecule has 2 heterocycles. The van der Waals surface area contributed by atoms with Crippen LogP contribution in [0.1, 0.15) is 101 Å². The summed E-state index contributed by atoms with van der Waals surface area (Å²) in [4.78, 5) is 37.9. The third kappa shape index (κ3) is 8.14. The SMILES string of the molecule is CCC(=O)[C@@H](C)[C@H](O)[C@@H](C)C=C(C)C[C@@H](C)[C@@H](O)[C@@H](C)[C@H]1CC=C(C)CC2(C)OC(=C(CC)C2=O)CC(=O)O1. The van der Waals surface area contributed by atoms with E-state index in [0.717, 1.165) is 11.1 Å². The van der Waals surface area contributed by atoms with E-state index in [-0.39, 0.29) is 35.7 Å². The largest absolute Gasteiger partial charge is 0.482 e. The average molecular weight is 547 g/mol. The van der Waals surface area contributed by atoms with Crippen molar-refractivity contribution in [2.24, 2.45) is 23.7 Å². The molecule has 0 aromatic rings. The number of ketones is 2. The highest BCUT2D eigenvalue weighted by molar-refractivity contribution is 6.04. The first-order valence-corrected chi connectivity index (χ1v) is 14.5. The summed E-state index contributed by atoms with van der Waals surface area (Å²) < 4.78 is 11.9. The molecule has 2 rings (SSSR count). The van der Waals surface area contributed by atoms with Gasteiger partial charge in [0, 0.05) is 42.6 Å². The highest BCUT2D eigenvalue weighted by atomic mass is 16.6. The molecule has 0 fully saturated rings. The Bertz CT molecular complexity index is 1010. The Morgan fingerprint density at radius 2 is 1.79 bits per heavy atom. The molecule has 2 N–H and O–H groups in total. The van der Waals surface area contributed by atoms with Gasteiger partial charge in [-0.1, -0.05) is 64.8 Å². The molecule has 7 heteroatoms. The number of rotatable bonds is 11. The van der Waals surface area contributed by atoms with Crippen LogP contribution in [0, 0.1) is 23.7 Å². The molecule has 8 atom stereocenters. The van der Waals surface area contributed by atoms with Crippen LogP contribution in [0.4, 0.5) is 0 Å². The second-order valence-corrected chi connectivity index (χ2v) is 12.1. The van der Waals surface area contributed by atoms with Crippen LogP contribution in [0.25, 0.3) is 0 Å². The fourth-order valence-electron chi connectivity index (χ4n) is 6.03. The van der Waals surface area contributed by atoms with E-state index < -0.39 is 35.8 Å². The highest BCUT2D eigenvalue weighted by Gasteiger charge is 2.45. The quantitative estimate of drug-likeness (QED) is 0.255. The summed E-state index contributed by atoms with van der Waals surface area (Å²) in [6.45, 7) is 16.9. The van der Waals surface area contributed by atoms with Crippen molar-refractivity contribution in [3.63, 3.8) is 0 Å². The van der Waals surface area contributed by atoms with Gasteiger partial charge in [-0.05, 0) is 39.5 Å². The number of hydrogen-bond acceptors (Lipinski definition) is 7. The van der Waals surface area contributed by atoms with Gasteiger partial charge in [0.1, 0.15) is 24.1 Å². The van der Waals surface area contributed by atoms with Crippen molar-refractivity contribution in [2.75, 3.05) is 0 Å². The number of hydrogen-bond donors (Lipinski definition) is 2. The van der Waals surface area contributed by atoms with Gasteiger partial charge in [0.25, 0.3) is 0 Å². The van der Waals surface area contributed by atoms with E-state index in [2.05, 4.69) is 0 Å². The van der Waals surface area contributed by atoms with E-state index in [0.29, 0.717) is 43.4 Å². The zero-order chi connectivity index (χ0) is 29.7. The van der Waals surface area contributed by atoms with Gasteiger partial charge in [0.15, 0.2) is 5.60 Å². The maximum Gasteiger partial charge on any atom is 0.313 e. The molecule has 1 unspecified atom stereocenters. The molecule has 0 aromatic heterocycles. The lowest BCUT2D eigenvalue weighted by molar-refractivity contribution is -0.154. The van der Waals surface area contributed by atoms with Gasteiger partial charge in [-0.15, -0.1) is 0 Å². The molecule has 7 nitrogen and oxygen atoms in total. The Kier molecular flexibility index (Phi) is 11.7. The van der Waals surface area contributed by atoms with E-state index in [1.54, 1.807) is 20.8 Å². The zero-order valence-electron chi connectivity index (χ0n) is 25.4. The minimum atomic E-state index is -1.00. The van der Waals surface area contributed by atoms with Crippen LogP contribution in [0.15, 0.2) is 34.6 Å². The summed E-state index contributed by atoms with van der Waals surface area (Å²) in [6, 6.07) is 0. The third-order valence-corrected chi connectivity index (χ3v) is 8.50. The first-order chi connectivity index (χ1) is 18.1. The summed E-state index contributed by atoms with van der Waals surface area (Å²) in [5.74, 6) is -1.16. The number of ether oxygens (including phenoxy) is 2. The highest BCUT2D eigenvalue weighted by Crippen LogP contribution is 2.39. The molecule has 39 heavy (non-hydrogen) atoms. The van der Waals surface area contributed by atoms with Crippen molar-refractivity contribution in [3.8, 4) is 0 Å². The Morgan fingerprint density at radius 1 is 1.15 bits per heavy atom. The van der Waals surface area contributed by atoms with Gasteiger partial charge in [-0.2, -0.15) is 0 Å². The number of Topliss-reactive ketones (excluding diaryl/α,β-unsaturated/α-hetero) is 2. The molecule has 0 radical (unpaired) electrons. The second-order valence-electron chi connectivity index (χ2n) is 12.1. The summed E-state index contributed by atoms with van der Waals surface area (Å²) in [7, 11) is 0. The molecule has 2 bridgehead atoms. The monoisotopic (exact) mass is 546 g/mol. The van der Waals surface area contributed by atoms with Gasteiger partial charge in [0.2, 0.25) is 5.78 Å². The Hall–Kier alpha value is -2.25. The lowest BCUT2D eigenvalue weighted by atomic mass is 9.83. The molecule has 0 aliphatic carbocycles. The van der Waals surface area contributed by atoms with Crippen molar-refractivity contribution < 1.29 is 34.1 Å². The zero-order valence-corrected chi connectivity index (χ0v) is 25.4. The van der Waals surface area contributed by atoms with Crippen molar-refractivity contribution in [3.05, 3.63) is 34.6 Å². The molecule has 0 saturated heterocycles. The van der Waals surface area contributed by atoms with Crippen LogP contribution >= 0.6 is 0 Å². The lowest BCUT2D eigenvalue weighted by Gasteiger charge is -2.31. The number of carbonyl (C=O) groups is 3. The molecule has 220 valence electrons. The Morgan fingerprint density at radius 3 is 2.38 bits per heavy atom. The second kappa shape index (κ2) is 13.9. The first-order valence-electron chi connectivity index (χ1n) is 14.5. The van der Waals surface area contributed by atoms with Crippen LogP contribution in [-0.4, -0.2) is 51.7 Å². The minimum Gasteiger partial charge on any atom is -0.482 e. The molecular formula is C32H50O7. The molecule has 0 spiro atoms. The van der Waals surface area contributed by atoms with Crippen molar-refractivity contribution in [2.45, 2.75) is 125 Å². The van der Waals surface area contributed by atoms with Crippen molar-refractivity contribution >= 4 is 17.5 Å². The van der Waals surface area contributed by atoms with E-state index in [4.69, 9.17) is 9.47 Å². The fraction of sp³-hybridized carbons (Fsp3) is 0.719. The number of carbonyl (C=O) groups excluding carboxylic acids is 3. The smallest absolute Gasteiger partial charge is 0.313 e. The number of esters is 1. The number of allylic oxidation sites excluding steroid dienone is 1. The van der Waals surface area contributed by atoms with Gasteiger partial charge in [-0.25, -0.2) is 0 Å². The number of aliphatic hydroxyl groups is 2. The van der Waals surface area contributed by atoms with Gasteiger partial charge >= 0.3 is 5.97 Å². The summed E-state index contributed by atoms with van der Waals surface area (Å²) >= 11 is 0. The summed E-state index contributed by atoms with van der Waals surface area (Å²) in [5, 5.41) is 21.9. The van der Waals surface area contributed by atoms with Crippen LogP contribution < -0.4 is 0 Å². The van der Waals surface area contributed by atoms with Crippen LogP contribution in [0.3, 0.4) is 0 Å². The average Bonchev–Trinajstić information content (AvgIpc) is 3.09. The van der Waals surface area contributed by atoms with E-state index in [1.807, 2.05) is 53.7 Å². The van der Waals surface area contributed by atoms with E-state index in [1.165, 1.54) is 0 Å². The summed E-state index contributed by atoms with van der Waals surface area (Å²) in [6.07, 6.45) is 4.22. The van der Waals surface area contributed by atoms with Crippen molar-refractivity contribution in [1.82, 2.24) is 0 Å². The molecule has 0 amide bonds. The standard InChI is InChI=1S/C32H50O7/c1-10-24-27-16-28(34)38-26(13-12-18(3)17-32(9,39-27)31(24)37)23(8)30(36)21(6)15-19(4)14-20(5)29(35)22(7)25(33)11-2/h12,14,20-23,26,29-30,35-36H,10-11,13,15-17H2,1-9H3/t20-,21+,22+,23-,26+,29+,30+,32?/m0/s1. The minimum absolute atomic E-state index is 0.0422.